The molecule has 6 heteroatoms. The van der Waals surface area contributed by atoms with E-state index in [1.54, 1.807) is 12.1 Å². The molecule has 0 aliphatic heterocycles. The van der Waals surface area contributed by atoms with E-state index < -0.39 is 0 Å². The fourth-order valence-electron chi connectivity index (χ4n) is 3.05. The minimum Gasteiger partial charge on any atom is -0.494 e. The predicted molar refractivity (Wildman–Crippen MR) is 120 cm³/mol. The predicted octanol–water partition coefficient (Wildman–Crippen LogP) is 6.12. The first-order valence-electron chi connectivity index (χ1n) is 9.81. The lowest BCUT2D eigenvalue weighted by Crippen LogP contribution is -2.17. The van der Waals surface area contributed by atoms with Gasteiger partial charge in [-0.15, -0.1) is 11.3 Å². The summed E-state index contributed by atoms with van der Waals surface area (Å²) in [7, 11) is 0. The summed E-state index contributed by atoms with van der Waals surface area (Å²) in [5.41, 5.74) is 2.68. The summed E-state index contributed by atoms with van der Waals surface area (Å²) < 4.78 is 7.73. The van der Waals surface area contributed by atoms with Gasteiger partial charge in [-0.3, -0.25) is 4.79 Å². The minimum absolute atomic E-state index is 0.254. The molecular weight excluding hydrogens is 404 g/mol. The Kier molecular flexibility index (Phi) is 7.29. The zero-order valence-corrected chi connectivity index (χ0v) is 18.5. The van der Waals surface area contributed by atoms with Crippen LogP contribution in [0.3, 0.4) is 0 Å². The Bertz CT molecular complexity index is 1030. The van der Waals surface area contributed by atoms with Crippen LogP contribution in [0, 0.1) is 6.92 Å². The van der Waals surface area contributed by atoms with Crippen molar-refractivity contribution in [3.8, 4) is 17.0 Å². The summed E-state index contributed by atoms with van der Waals surface area (Å²) in [6.07, 6.45) is 2.10. The van der Waals surface area contributed by atoms with E-state index in [0.717, 1.165) is 41.3 Å². The molecule has 2 aromatic carbocycles. The molecule has 0 N–H and O–H groups in total. The Hall–Kier alpha value is -2.37. The summed E-state index contributed by atoms with van der Waals surface area (Å²) >= 11 is 7.55. The van der Waals surface area contributed by atoms with Gasteiger partial charge in [0.15, 0.2) is 4.80 Å². The van der Waals surface area contributed by atoms with Crippen molar-refractivity contribution in [2.24, 2.45) is 4.99 Å². The third-order valence-electron chi connectivity index (χ3n) is 4.58. The van der Waals surface area contributed by atoms with Crippen molar-refractivity contribution in [3.05, 3.63) is 68.8 Å². The van der Waals surface area contributed by atoms with Crippen molar-refractivity contribution in [2.75, 3.05) is 6.61 Å². The Labute approximate surface area is 180 Å². The van der Waals surface area contributed by atoms with Crippen molar-refractivity contribution in [1.82, 2.24) is 4.57 Å². The summed E-state index contributed by atoms with van der Waals surface area (Å²) in [5, 5.41) is 0.701. The van der Waals surface area contributed by atoms with Gasteiger partial charge in [-0.2, -0.15) is 4.99 Å². The first-order valence-corrected chi connectivity index (χ1v) is 11.0. The maximum atomic E-state index is 12.7. The number of carbonyl (C=O) groups excluding carboxylic acids is 1. The number of nitrogens with zero attached hydrogens (tertiary/aromatic N) is 2. The van der Waals surface area contributed by atoms with Crippen LogP contribution in [-0.2, 0) is 6.54 Å². The van der Waals surface area contributed by atoms with E-state index >= 15 is 0 Å². The molecule has 1 heterocycles. The van der Waals surface area contributed by atoms with Crippen LogP contribution in [0.25, 0.3) is 11.3 Å². The van der Waals surface area contributed by atoms with E-state index in [9.17, 15) is 4.79 Å². The van der Waals surface area contributed by atoms with Gasteiger partial charge in [0.25, 0.3) is 5.91 Å². The topological polar surface area (TPSA) is 43.6 Å². The second-order valence-electron chi connectivity index (χ2n) is 6.68. The van der Waals surface area contributed by atoms with Crippen LogP contribution in [0.15, 0.2) is 53.5 Å². The number of unbranched alkanes of at least 4 members (excludes halogenated alkanes) is 1. The first-order chi connectivity index (χ1) is 14.0. The number of aromatic nitrogens is 1. The van der Waals surface area contributed by atoms with E-state index in [0.29, 0.717) is 22.0 Å². The van der Waals surface area contributed by atoms with Crippen LogP contribution in [0.1, 0.15) is 41.9 Å². The van der Waals surface area contributed by atoms with Crippen LogP contribution in [-0.4, -0.2) is 17.1 Å². The lowest BCUT2D eigenvalue weighted by atomic mass is 10.1. The van der Waals surface area contributed by atoms with Gasteiger partial charge < -0.3 is 9.30 Å². The van der Waals surface area contributed by atoms with Crippen LogP contribution >= 0.6 is 22.9 Å². The molecule has 29 heavy (non-hydrogen) atoms. The zero-order valence-electron chi connectivity index (χ0n) is 16.9. The van der Waals surface area contributed by atoms with Gasteiger partial charge in [-0.1, -0.05) is 37.1 Å². The van der Waals surface area contributed by atoms with Gasteiger partial charge in [-0.05, 0) is 62.2 Å². The summed E-state index contributed by atoms with van der Waals surface area (Å²) in [4.78, 5) is 18.9. The van der Waals surface area contributed by atoms with Gasteiger partial charge in [0.1, 0.15) is 5.75 Å². The molecule has 1 aromatic heterocycles. The fraction of sp³-hybridized carbons (Fsp3) is 0.304. The number of aryl methyl sites for hydroxylation is 1. The summed E-state index contributed by atoms with van der Waals surface area (Å²) in [5.74, 6) is 0.520. The molecular formula is C23H25ClN2O2S. The maximum absolute atomic E-state index is 12.7. The highest BCUT2D eigenvalue weighted by atomic mass is 35.5. The second-order valence-corrected chi connectivity index (χ2v) is 8.30. The van der Waals surface area contributed by atoms with E-state index in [4.69, 9.17) is 16.3 Å². The molecule has 3 aromatic rings. The highest BCUT2D eigenvalue weighted by Crippen LogP contribution is 2.26. The average molecular weight is 429 g/mol. The van der Waals surface area contributed by atoms with Gasteiger partial charge >= 0.3 is 0 Å². The molecule has 4 nitrogen and oxygen atoms in total. The number of carbonyl (C=O) groups is 1. The minimum atomic E-state index is -0.254. The van der Waals surface area contributed by atoms with Gasteiger partial charge in [0, 0.05) is 22.0 Å². The normalized spacial score (nSPS) is 11.7. The van der Waals surface area contributed by atoms with Crippen molar-refractivity contribution in [2.45, 2.75) is 40.2 Å². The SMILES string of the molecule is CCCCOc1ccc(C(=O)N=c2sc(C)c(-c3ccc(Cl)cc3)n2CC)cc1. The number of rotatable bonds is 7. The van der Waals surface area contributed by atoms with E-state index in [1.807, 2.05) is 43.3 Å². The monoisotopic (exact) mass is 428 g/mol. The number of amides is 1. The second kappa shape index (κ2) is 9.90. The molecule has 0 saturated carbocycles. The Balaban J connectivity index is 1.89. The van der Waals surface area contributed by atoms with Crippen molar-refractivity contribution >= 4 is 28.8 Å². The van der Waals surface area contributed by atoms with E-state index in [2.05, 4.69) is 23.4 Å². The number of ether oxygens (including phenoxy) is 1. The molecule has 0 spiro atoms. The number of hydrogen-bond acceptors (Lipinski definition) is 3. The Morgan fingerprint density at radius 2 is 1.79 bits per heavy atom. The van der Waals surface area contributed by atoms with Crippen LogP contribution in [0.2, 0.25) is 5.02 Å². The number of thiazole rings is 1. The summed E-state index contributed by atoms with van der Waals surface area (Å²) in [6.45, 7) is 7.63. The smallest absolute Gasteiger partial charge is 0.279 e. The Morgan fingerprint density at radius 1 is 1.10 bits per heavy atom. The van der Waals surface area contributed by atoms with Gasteiger partial charge in [0.05, 0.1) is 12.3 Å². The molecule has 0 atom stereocenters. The van der Waals surface area contributed by atoms with Crippen LogP contribution in [0.5, 0.6) is 5.75 Å². The van der Waals surface area contributed by atoms with Gasteiger partial charge in [-0.25, -0.2) is 0 Å². The summed E-state index contributed by atoms with van der Waals surface area (Å²) in [6, 6.07) is 14.9. The maximum Gasteiger partial charge on any atom is 0.279 e. The lowest BCUT2D eigenvalue weighted by molar-refractivity contribution is 0.0998. The largest absolute Gasteiger partial charge is 0.494 e. The third kappa shape index (κ3) is 5.17. The molecule has 3 rings (SSSR count). The first kappa shape index (κ1) is 21.3. The zero-order chi connectivity index (χ0) is 20.8. The molecule has 152 valence electrons. The molecule has 0 saturated heterocycles. The van der Waals surface area contributed by atoms with Crippen molar-refractivity contribution < 1.29 is 9.53 Å². The molecule has 0 aliphatic carbocycles. The number of hydrogen-bond donors (Lipinski definition) is 0. The van der Waals surface area contributed by atoms with Crippen LogP contribution in [0.4, 0.5) is 0 Å². The fourth-order valence-corrected chi connectivity index (χ4v) is 4.23. The quantitative estimate of drug-likeness (QED) is 0.425. The molecule has 1 amide bonds. The highest BCUT2D eigenvalue weighted by Gasteiger charge is 2.13. The molecule has 0 bridgehead atoms. The molecule has 0 unspecified atom stereocenters. The molecule has 0 fully saturated rings. The highest BCUT2D eigenvalue weighted by molar-refractivity contribution is 7.09. The number of halogens is 1. The van der Waals surface area contributed by atoms with Crippen molar-refractivity contribution in [3.63, 3.8) is 0 Å². The number of benzene rings is 2. The average Bonchev–Trinajstić information content (AvgIpc) is 3.04. The molecule has 0 aliphatic rings. The lowest BCUT2D eigenvalue weighted by Gasteiger charge is -2.08. The van der Waals surface area contributed by atoms with E-state index in [-0.39, 0.29) is 5.91 Å². The Morgan fingerprint density at radius 3 is 2.41 bits per heavy atom. The van der Waals surface area contributed by atoms with Crippen molar-refractivity contribution in [1.29, 1.82) is 0 Å². The van der Waals surface area contributed by atoms with E-state index in [1.165, 1.54) is 11.3 Å². The van der Waals surface area contributed by atoms with Crippen LogP contribution < -0.4 is 9.54 Å². The third-order valence-corrected chi connectivity index (χ3v) is 5.82. The standard InChI is InChI=1S/C23H25ClN2O2S/c1-4-6-15-28-20-13-9-18(10-14-20)22(27)25-23-26(5-2)21(16(3)29-23)17-7-11-19(24)12-8-17/h7-14H,4-6,15H2,1-3H3. The molecule has 0 radical (unpaired) electrons. The van der Waals surface area contributed by atoms with Gasteiger partial charge in [0.2, 0.25) is 0 Å².